The predicted octanol–water partition coefficient (Wildman–Crippen LogP) is 3.35. The minimum Gasteiger partial charge on any atom is -0.457 e. The minimum atomic E-state index is -3.49. The van der Waals surface area contributed by atoms with E-state index in [0.717, 1.165) is 25.7 Å². The van der Waals surface area contributed by atoms with Gasteiger partial charge in [-0.05, 0) is 49.9 Å². The summed E-state index contributed by atoms with van der Waals surface area (Å²) < 4.78 is 35.3. The first-order valence-electron chi connectivity index (χ1n) is 7.62. The Morgan fingerprint density at radius 2 is 1.78 bits per heavy atom. The zero-order valence-corrected chi connectivity index (χ0v) is 13.4. The Labute approximate surface area is 135 Å². The van der Waals surface area contributed by atoms with E-state index in [0.29, 0.717) is 0 Å². The second kappa shape index (κ2) is 6.58. The van der Waals surface area contributed by atoms with Crippen LogP contribution in [0.1, 0.15) is 42.0 Å². The maximum absolute atomic E-state index is 12.3. The number of hydrogen-bond donors (Lipinski definition) is 0. The highest BCUT2D eigenvalue weighted by Crippen LogP contribution is 2.23. The molecule has 0 radical (unpaired) electrons. The van der Waals surface area contributed by atoms with Crippen molar-refractivity contribution in [2.24, 2.45) is 0 Å². The highest BCUT2D eigenvalue weighted by molar-refractivity contribution is 7.90. The zero-order valence-electron chi connectivity index (χ0n) is 12.6. The number of ether oxygens (including phenoxy) is 1. The monoisotopic (exact) mass is 334 g/mol. The largest absolute Gasteiger partial charge is 0.457 e. The summed E-state index contributed by atoms with van der Waals surface area (Å²) in [6, 6.07) is 11.1. The number of rotatable bonds is 5. The van der Waals surface area contributed by atoms with Crippen molar-refractivity contribution in [3.05, 3.63) is 54.0 Å². The molecule has 1 fully saturated rings. The van der Waals surface area contributed by atoms with Gasteiger partial charge in [0.05, 0.1) is 4.90 Å². The van der Waals surface area contributed by atoms with Crippen molar-refractivity contribution in [2.75, 3.05) is 0 Å². The van der Waals surface area contributed by atoms with Gasteiger partial charge in [0.15, 0.2) is 9.84 Å². The fourth-order valence-corrected chi connectivity index (χ4v) is 3.95. The highest BCUT2D eigenvalue weighted by atomic mass is 32.2. The van der Waals surface area contributed by atoms with E-state index >= 15 is 0 Å². The standard InChI is InChI=1S/C17H18O5S/c18-17(22-13-6-4-5-7-13)16-11-10-14(21-16)12-23(19,20)15-8-2-1-3-9-15/h1-3,8-11,13H,4-7,12H2. The number of carbonyl (C=O) groups excluding carboxylic acids is 1. The van der Waals surface area contributed by atoms with Crippen LogP contribution in [0, 0.1) is 0 Å². The van der Waals surface area contributed by atoms with E-state index in [2.05, 4.69) is 0 Å². The van der Waals surface area contributed by atoms with Gasteiger partial charge in [0.1, 0.15) is 17.6 Å². The molecule has 3 rings (SSSR count). The molecule has 0 atom stereocenters. The number of benzene rings is 1. The zero-order chi connectivity index (χ0) is 16.3. The normalized spacial score (nSPS) is 15.7. The van der Waals surface area contributed by atoms with Crippen LogP contribution in [0.3, 0.4) is 0 Å². The van der Waals surface area contributed by atoms with E-state index in [1.165, 1.54) is 24.3 Å². The molecule has 0 unspecified atom stereocenters. The van der Waals surface area contributed by atoms with Gasteiger partial charge in [-0.15, -0.1) is 0 Å². The number of carbonyl (C=O) groups is 1. The van der Waals surface area contributed by atoms with Crippen LogP contribution in [0.2, 0.25) is 0 Å². The van der Waals surface area contributed by atoms with Crippen LogP contribution in [0.4, 0.5) is 0 Å². The molecule has 6 heteroatoms. The maximum atomic E-state index is 12.3. The van der Waals surface area contributed by atoms with Gasteiger partial charge >= 0.3 is 5.97 Å². The maximum Gasteiger partial charge on any atom is 0.374 e. The van der Waals surface area contributed by atoms with Crippen LogP contribution in [0.15, 0.2) is 51.8 Å². The summed E-state index contributed by atoms with van der Waals surface area (Å²) in [5, 5.41) is 0. The van der Waals surface area contributed by atoms with E-state index < -0.39 is 15.8 Å². The Hall–Kier alpha value is -2.08. The second-order valence-electron chi connectivity index (χ2n) is 5.65. The summed E-state index contributed by atoms with van der Waals surface area (Å²) >= 11 is 0. The smallest absolute Gasteiger partial charge is 0.374 e. The highest BCUT2D eigenvalue weighted by Gasteiger charge is 2.23. The number of esters is 1. The van der Waals surface area contributed by atoms with Crippen LogP contribution in [0.25, 0.3) is 0 Å². The summed E-state index contributed by atoms with van der Waals surface area (Å²) in [6.07, 6.45) is 3.83. The Bertz CT molecular complexity index is 770. The van der Waals surface area contributed by atoms with Crippen LogP contribution in [-0.4, -0.2) is 20.5 Å². The van der Waals surface area contributed by atoms with Crippen LogP contribution in [-0.2, 0) is 20.3 Å². The first-order valence-corrected chi connectivity index (χ1v) is 9.27. The molecule has 0 N–H and O–H groups in total. The Kier molecular flexibility index (Phi) is 4.52. The molecule has 1 heterocycles. The third-order valence-electron chi connectivity index (χ3n) is 3.87. The molecular formula is C17H18O5S. The quantitative estimate of drug-likeness (QED) is 0.784. The van der Waals surface area contributed by atoms with Crippen molar-refractivity contribution in [1.29, 1.82) is 0 Å². The molecule has 1 saturated carbocycles. The molecule has 2 aromatic rings. The Morgan fingerprint density at radius 1 is 1.09 bits per heavy atom. The lowest BCUT2D eigenvalue weighted by Crippen LogP contribution is -2.14. The molecule has 1 aromatic carbocycles. The summed E-state index contributed by atoms with van der Waals surface area (Å²) in [4.78, 5) is 12.2. The van der Waals surface area contributed by atoms with Gasteiger partial charge in [-0.3, -0.25) is 0 Å². The summed E-state index contributed by atoms with van der Waals surface area (Å²) in [6.45, 7) is 0. The predicted molar refractivity (Wildman–Crippen MR) is 83.7 cm³/mol. The molecule has 1 aromatic heterocycles. The molecule has 0 saturated heterocycles. The molecule has 122 valence electrons. The van der Waals surface area contributed by atoms with Gasteiger partial charge in [-0.1, -0.05) is 18.2 Å². The van der Waals surface area contributed by atoms with E-state index in [1.54, 1.807) is 18.2 Å². The molecule has 5 nitrogen and oxygen atoms in total. The fraction of sp³-hybridized carbons (Fsp3) is 0.353. The Morgan fingerprint density at radius 3 is 2.48 bits per heavy atom. The third kappa shape index (κ3) is 3.82. The molecule has 0 amide bonds. The van der Waals surface area contributed by atoms with Crippen molar-refractivity contribution >= 4 is 15.8 Å². The van der Waals surface area contributed by atoms with Crippen LogP contribution < -0.4 is 0 Å². The van der Waals surface area contributed by atoms with E-state index in [-0.39, 0.29) is 28.3 Å². The van der Waals surface area contributed by atoms with Crippen LogP contribution in [0.5, 0.6) is 0 Å². The van der Waals surface area contributed by atoms with Crippen LogP contribution >= 0.6 is 0 Å². The van der Waals surface area contributed by atoms with E-state index in [9.17, 15) is 13.2 Å². The van der Waals surface area contributed by atoms with E-state index in [4.69, 9.17) is 9.15 Å². The molecular weight excluding hydrogens is 316 g/mol. The molecule has 0 spiro atoms. The van der Waals surface area contributed by atoms with Gasteiger partial charge in [-0.25, -0.2) is 13.2 Å². The average Bonchev–Trinajstić information content (AvgIpc) is 3.19. The molecule has 1 aliphatic carbocycles. The first-order chi connectivity index (χ1) is 11.0. The van der Waals surface area contributed by atoms with Gasteiger partial charge in [0.25, 0.3) is 0 Å². The third-order valence-corrected chi connectivity index (χ3v) is 5.53. The van der Waals surface area contributed by atoms with Gasteiger partial charge < -0.3 is 9.15 Å². The van der Waals surface area contributed by atoms with Crippen molar-refractivity contribution in [2.45, 2.75) is 42.4 Å². The topological polar surface area (TPSA) is 73.6 Å². The first kappa shape index (κ1) is 15.8. The van der Waals surface area contributed by atoms with Gasteiger partial charge in [0, 0.05) is 0 Å². The average molecular weight is 334 g/mol. The van der Waals surface area contributed by atoms with Crippen molar-refractivity contribution in [3.8, 4) is 0 Å². The van der Waals surface area contributed by atoms with Gasteiger partial charge in [0.2, 0.25) is 5.76 Å². The molecule has 23 heavy (non-hydrogen) atoms. The van der Waals surface area contributed by atoms with Gasteiger partial charge in [-0.2, -0.15) is 0 Å². The molecule has 0 aliphatic heterocycles. The fourth-order valence-electron chi connectivity index (χ4n) is 2.68. The van der Waals surface area contributed by atoms with Crippen molar-refractivity contribution in [1.82, 2.24) is 0 Å². The number of hydrogen-bond acceptors (Lipinski definition) is 5. The van der Waals surface area contributed by atoms with Crippen molar-refractivity contribution < 1.29 is 22.4 Å². The van der Waals surface area contributed by atoms with E-state index in [1.807, 2.05) is 0 Å². The SMILES string of the molecule is O=C(OC1CCCC1)c1ccc(CS(=O)(=O)c2ccccc2)o1. The number of sulfone groups is 1. The minimum absolute atomic E-state index is 0.0511. The lowest BCUT2D eigenvalue weighted by molar-refractivity contribution is 0.0280. The molecule has 1 aliphatic rings. The lowest BCUT2D eigenvalue weighted by Gasteiger charge is -2.09. The molecule has 0 bridgehead atoms. The lowest BCUT2D eigenvalue weighted by atomic mass is 10.3. The summed E-state index contributed by atoms with van der Waals surface area (Å²) in [7, 11) is -3.49. The summed E-state index contributed by atoms with van der Waals surface area (Å²) in [5.74, 6) is -0.532. The number of furan rings is 1. The van der Waals surface area contributed by atoms with Crippen molar-refractivity contribution in [3.63, 3.8) is 0 Å². The second-order valence-corrected chi connectivity index (χ2v) is 7.64. The Balaban J connectivity index is 1.68. The summed E-state index contributed by atoms with van der Waals surface area (Å²) in [5.41, 5.74) is 0.